The standard InChI is InChI=1S/C23H27N3O7S3/c1-5-6-13-25(2)36(31,32)17-9-7-16(8-10-17)22(28)24-23-26(15-21(27)33-3)19-12-11-18(35(4,29)30)14-20(19)34-23/h7-12,14H,5-6,13,15H2,1-4H3. The van der Waals surface area contributed by atoms with Crippen LogP contribution in [0.4, 0.5) is 0 Å². The van der Waals surface area contributed by atoms with Gasteiger partial charge in [0.25, 0.3) is 5.91 Å². The summed E-state index contributed by atoms with van der Waals surface area (Å²) in [6, 6.07) is 9.89. The van der Waals surface area contributed by atoms with E-state index in [1.165, 1.54) is 59.4 Å². The lowest BCUT2D eigenvalue weighted by Gasteiger charge is -2.16. The van der Waals surface area contributed by atoms with Crippen molar-refractivity contribution in [2.45, 2.75) is 36.1 Å². The van der Waals surface area contributed by atoms with Crippen molar-refractivity contribution in [3.63, 3.8) is 0 Å². The molecule has 194 valence electrons. The Morgan fingerprint density at radius 2 is 1.69 bits per heavy atom. The van der Waals surface area contributed by atoms with Crippen LogP contribution in [0.2, 0.25) is 0 Å². The molecule has 36 heavy (non-hydrogen) atoms. The van der Waals surface area contributed by atoms with Crippen LogP contribution in [-0.2, 0) is 35.9 Å². The van der Waals surface area contributed by atoms with Gasteiger partial charge in [0, 0.05) is 25.4 Å². The molecule has 0 radical (unpaired) electrons. The first kappa shape index (κ1) is 27.7. The first-order chi connectivity index (χ1) is 16.9. The SMILES string of the molecule is CCCCN(C)S(=O)(=O)c1ccc(C(=O)N=c2sc3cc(S(C)(=O)=O)ccc3n2CC(=O)OC)cc1. The number of ether oxygens (including phenoxy) is 1. The van der Waals surface area contributed by atoms with Crippen molar-refractivity contribution in [3.05, 3.63) is 52.8 Å². The third kappa shape index (κ3) is 6.09. The number of carbonyl (C=O) groups excluding carboxylic acids is 2. The molecule has 3 rings (SSSR count). The summed E-state index contributed by atoms with van der Waals surface area (Å²) < 4.78 is 57.3. The van der Waals surface area contributed by atoms with Crippen LogP contribution in [0.3, 0.4) is 0 Å². The van der Waals surface area contributed by atoms with E-state index >= 15 is 0 Å². The van der Waals surface area contributed by atoms with Crippen LogP contribution in [0.5, 0.6) is 0 Å². The highest BCUT2D eigenvalue weighted by molar-refractivity contribution is 7.90. The molecule has 3 aromatic rings. The molecule has 0 aliphatic rings. The molecule has 10 nitrogen and oxygen atoms in total. The second-order valence-corrected chi connectivity index (χ2v) is 13.1. The molecule has 2 aromatic carbocycles. The van der Waals surface area contributed by atoms with Gasteiger partial charge in [-0.05, 0) is 48.9 Å². The zero-order chi connectivity index (χ0) is 26.7. The smallest absolute Gasteiger partial charge is 0.325 e. The fraction of sp³-hybridized carbons (Fsp3) is 0.348. The second kappa shape index (κ2) is 11.0. The molecule has 0 aliphatic carbocycles. The van der Waals surface area contributed by atoms with E-state index in [9.17, 15) is 26.4 Å². The number of methoxy groups -OCH3 is 1. The number of nitrogens with zero attached hydrogens (tertiary/aromatic N) is 3. The van der Waals surface area contributed by atoms with Crippen molar-refractivity contribution in [1.82, 2.24) is 8.87 Å². The Bertz CT molecular complexity index is 1570. The highest BCUT2D eigenvalue weighted by Gasteiger charge is 2.21. The van der Waals surface area contributed by atoms with E-state index in [0.29, 0.717) is 16.8 Å². The van der Waals surface area contributed by atoms with E-state index in [4.69, 9.17) is 4.74 Å². The fourth-order valence-corrected chi connectivity index (χ4v) is 6.32. The number of sulfone groups is 1. The molecule has 0 fully saturated rings. The minimum Gasteiger partial charge on any atom is -0.468 e. The number of carbonyl (C=O) groups is 2. The van der Waals surface area contributed by atoms with Gasteiger partial charge in [0.2, 0.25) is 10.0 Å². The molecule has 0 atom stereocenters. The Hall–Kier alpha value is -2.87. The van der Waals surface area contributed by atoms with Crippen molar-refractivity contribution in [2.75, 3.05) is 27.0 Å². The molecule has 1 amide bonds. The number of sulfonamides is 1. The normalized spacial score (nSPS) is 12.9. The van der Waals surface area contributed by atoms with Crippen molar-refractivity contribution in [3.8, 4) is 0 Å². The lowest BCUT2D eigenvalue weighted by molar-refractivity contribution is -0.141. The maximum absolute atomic E-state index is 12.9. The number of hydrogen-bond donors (Lipinski definition) is 0. The Kier molecular flexibility index (Phi) is 8.49. The summed E-state index contributed by atoms with van der Waals surface area (Å²) in [6.07, 6.45) is 2.68. The molecule has 1 aromatic heterocycles. The number of benzene rings is 2. The maximum atomic E-state index is 12.9. The molecule has 0 saturated heterocycles. The lowest BCUT2D eigenvalue weighted by atomic mass is 10.2. The highest BCUT2D eigenvalue weighted by Crippen LogP contribution is 2.22. The topological polar surface area (TPSA) is 132 Å². The van der Waals surface area contributed by atoms with E-state index < -0.39 is 31.7 Å². The Balaban J connectivity index is 2.02. The fourth-order valence-electron chi connectivity index (χ4n) is 3.32. The molecule has 0 aliphatic heterocycles. The average molecular weight is 554 g/mol. The average Bonchev–Trinajstić information content (AvgIpc) is 3.17. The molecule has 0 spiro atoms. The summed E-state index contributed by atoms with van der Waals surface area (Å²) >= 11 is 1.05. The first-order valence-electron chi connectivity index (χ1n) is 10.9. The largest absolute Gasteiger partial charge is 0.468 e. The van der Waals surface area contributed by atoms with Gasteiger partial charge in [-0.15, -0.1) is 0 Å². The van der Waals surface area contributed by atoms with Crippen molar-refractivity contribution < 1.29 is 31.2 Å². The van der Waals surface area contributed by atoms with Gasteiger partial charge in [-0.25, -0.2) is 21.1 Å². The Morgan fingerprint density at radius 3 is 2.28 bits per heavy atom. The number of esters is 1. The maximum Gasteiger partial charge on any atom is 0.325 e. The quantitative estimate of drug-likeness (QED) is 0.372. The first-order valence-corrected chi connectivity index (χ1v) is 15.1. The van der Waals surface area contributed by atoms with Gasteiger partial charge in [0.05, 0.1) is 27.1 Å². The van der Waals surface area contributed by atoms with Crippen LogP contribution < -0.4 is 4.80 Å². The Labute approximate surface area is 213 Å². The van der Waals surface area contributed by atoms with Crippen molar-refractivity contribution in [1.29, 1.82) is 0 Å². The summed E-state index contributed by atoms with van der Waals surface area (Å²) in [6.45, 7) is 2.13. The van der Waals surface area contributed by atoms with Crippen LogP contribution in [0.15, 0.2) is 57.2 Å². The molecule has 1 heterocycles. The summed E-state index contributed by atoms with van der Waals surface area (Å²) in [5, 5.41) is 0. The van der Waals surface area contributed by atoms with E-state index in [-0.39, 0.29) is 26.7 Å². The third-order valence-corrected chi connectivity index (χ3v) is 9.45. The van der Waals surface area contributed by atoms with E-state index in [2.05, 4.69) is 4.99 Å². The molecular formula is C23H27N3O7S3. The minimum absolute atomic E-state index is 0.0635. The van der Waals surface area contributed by atoms with E-state index in [1.807, 2.05) is 6.92 Å². The predicted octanol–water partition coefficient (Wildman–Crippen LogP) is 2.44. The van der Waals surface area contributed by atoms with Gasteiger partial charge in [-0.3, -0.25) is 9.59 Å². The zero-order valence-electron chi connectivity index (χ0n) is 20.3. The van der Waals surface area contributed by atoms with Crippen LogP contribution in [0.25, 0.3) is 10.2 Å². The van der Waals surface area contributed by atoms with E-state index in [0.717, 1.165) is 30.4 Å². The van der Waals surface area contributed by atoms with Crippen LogP contribution in [0.1, 0.15) is 30.1 Å². The number of unbranched alkanes of at least 4 members (excludes halogenated alkanes) is 1. The molecule has 0 bridgehead atoms. The van der Waals surface area contributed by atoms with Gasteiger partial charge in [-0.1, -0.05) is 24.7 Å². The van der Waals surface area contributed by atoms with E-state index in [1.54, 1.807) is 6.07 Å². The predicted molar refractivity (Wildman–Crippen MR) is 136 cm³/mol. The number of amides is 1. The van der Waals surface area contributed by atoms with Crippen molar-refractivity contribution >= 4 is 53.3 Å². The number of thiazole rings is 1. The molecule has 0 N–H and O–H groups in total. The number of fused-ring (bicyclic) bond motifs is 1. The summed E-state index contributed by atoms with van der Waals surface area (Å²) in [4.78, 5) is 29.4. The monoisotopic (exact) mass is 553 g/mol. The number of aromatic nitrogens is 1. The number of hydrogen-bond acceptors (Lipinski definition) is 8. The van der Waals surface area contributed by atoms with Crippen LogP contribution in [0, 0.1) is 0 Å². The molecule has 0 unspecified atom stereocenters. The summed E-state index contributed by atoms with van der Waals surface area (Å²) in [5.74, 6) is -1.22. The van der Waals surface area contributed by atoms with Crippen LogP contribution in [-0.4, -0.2) is 64.5 Å². The third-order valence-electron chi connectivity index (χ3n) is 5.43. The minimum atomic E-state index is -3.68. The van der Waals surface area contributed by atoms with Gasteiger partial charge in [0.1, 0.15) is 6.54 Å². The van der Waals surface area contributed by atoms with Gasteiger partial charge in [-0.2, -0.15) is 4.99 Å². The van der Waals surface area contributed by atoms with Crippen molar-refractivity contribution in [2.24, 2.45) is 4.99 Å². The van der Waals surface area contributed by atoms with Gasteiger partial charge < -0.3 is 9.30 Å². The second-order valence-electron chi connectivity index (χ2n) is 8.07. The Morgan fingerprint density at radius 1 is 1.06 bits per heavy atom. The van der Waals surface area contributed by atoms with Gasteiger partial charge in [0.15, 0.2) is 14.6 Å². The van der Waals surface area contributed by atoms with Gasteiger partial charge >= 0.3 is 5.97 Å². The summed E-state index contributed by atoms with van der Waals surface area (Å²) in [7, 11) is -4.40. The highest BCUT2D eigenvalue weighted by atomic mass is 32.2. The number of rotatable bonds is 9. The lowest BCUT2D eigenvalue weighted by Crippen LogP contribution is -2.27. The van der Waals surface area contributed by atoms with Crippen LogP contribution >= 0.6 is 11.3 Å². The molecule has 0 saturated carbocycles. The zero-order valence-corrected chi connectivity index (χ0v) is 22.7. The molecular weight excluding hydrogens is 526 g/mol. The summed E-state index contributed by atoms with van der Waals surface area (Å²) in [5.41, 5.74) is 0.671. The molecule has 13 heteroatoms.